The number of aromatic nitrogens is 2. The molecule has 1 amide bonds. The van der Waals surface area contributed by atoms with Gasteiger partial charge in [-0.05, 0) is 43.7 Å². The van der Waals surface area contributed by atoms with Crippen molar-refractivity contribution in [2.45, 2.75) is 26.7 Å². The lowest BCUT2D eigenvalue weighted by atomic mass is 10.1. The number of pyridine rings is 1. The third-order valence-electron chi connectivity index (χ3n) is 5.44. The van der Waals surface area contributed by atoms with Gasteiger partial charge in [-0.3, -0.25) is 9.88 Å². The monoisotopic (exact) mass is 420 g/mol. The van der Waals surface area contributed by atoms with E-state index in [2.05, 4.69) is 15.0 Å². The van der Waals surface area contributed by atoms with Gasteiger partial charge >= 0.3 is 6.09 Å². The first-order valence-electron chi connectivity index (χ1n) is 10.7. The van der Waals surface area contributed by atoms with Crippen molar-refractivity contribution in [2.75, 3.05) is 32.7 Å². The third kappa shape index (κ3) is 5.92. The van der Waals surface area contributed by atoms with Gasteiger partial charge in [0.2, 0.25) is 0 Å². The molecule has 3 aromatic rings. The zero-order valence-corrected chi connectivity index (χ0v) is 18.1. The Morgan fingerprint density at radius 2 is 1.81 bits per heavy atom. The van der Waals surface area contributed by atoms with Crippen LogP contribution in [0.1, 0.15) is 28.4 Å². The molecule has 1 saturated heterocycles. The SMILES string of the molecule is Cc1cc(CCN2CCN(C(=O)Oc3ccc(Cc4cccc(C)n4)cc3)CC2)on1. The van der Waals surface area contributed by atoms with Crippen molar-refractivity contribution in [1.29, 1.82) is 0 Å². The number of carbonyl (C=O) groups excluding carboxylic acids is 1. The number of rotatable bonds is 6. The summed E-state index contributed by atoms with van der Waals surface area (Å²) in [7, 11) is 0. The van der Waals surface area contributed by atoms with E-state index in [0.717, 1.165) is 60.9 Å². The highest BCUT2D eigenvalue weighted by Crippen LogP contribution is 2.16. The Balaban J connectivity index is 1.22. The Morgan fingerprint density at radius 3 is 2.48 bits per heavy atom. The predicted octanol–water partition coefficient (Wildman–Crippen LogP) is 3.64. The molecule has 0 aliphatic carbocycles. The second kappa shape index (κ2) is 9.75. The molecule has 4 rings (SSSR count). The van der Waals surface area contributed by atoms with Crippen LogP contribution >= 0.6 is 0 Å². The van der Waals surface area contributed by atoms with Crippen molar-refractivity contribution in [3.05, 3.63) is 76.9 Å². The summed E-state index contributed by atoms with van der Waals surface area (Å²) >= 11 is 0. The standard InChI is InChI=1S/C24H28N4O3/c1-18-4-3-5-21(25-18)17-20-6-8-22(9-7-20)30-24(29)28-14-12-27(13-15-28)11-10-23-16-19(2)26-31-23/h3-9,16H,10-15,17H2,1-2H3. The summed E-state index contributed by atoms with van der Waals surface area (Å²) in [5.74, 6) is 1.47. The lowest BCUT2D eigenvalue weighted by molar-refractivity contribution is 0.110. The first kappa shape index (κ1) is 21.1. The van der Waals surface area contributed by atoms with Crippen molar-refractivity contribution in [3.8, 4) is 5.75 Å². The fourth-order valence-corrected chi connectivity index (χ4v) is 3.70. The molecule has 31 heavy (non-hydrogen) atoms. The summed E-state index contributed by atoms with van der Waals surface area (Å²) in [6.07, 6.45) is 1.29. The molecule has 7 nitrogen and oxygen atoms in total. The highest BCUT2D eigenvalue weighted by molar-refractivity contribution is 5.70. The van der Waals surface area contributed by atoms with Crippen LogP contribution < -0.4 is 4.74 Å². The number of carbonyl (C=O) groups is 1. The quantitative estimate of drug-likeness (QED) is 0.606. The van der Waals surface area contributed by atoms with Crippen molar-refractivity contribution in [2.24, 2.45) is 0 Å². The minimum absolute atomic E-state index is 0.293. The number of amides is 1. The largest absolute Gasteiger partial charge is 0.415 e. The van der Waals surface area contributed by atoms with Gasteiger partial charge in [0.1, 0.15) is 11.5 Å². The van der Waals surface area contributed by atoms with Crippen molar-refractivity contribution in [1.82, 2.24) is 19.9 Å². The molecule has 3 heterocycles. The van der Waals surface area contributed by atoms with E-state index in [1.54, 1.807) is 4.90 Å². The molecule has 0 unspecified atom stereocenters. The van der Waals surface area contributed by atoms with Crippen LogP contribution in [0, 0.1) is 13.8 Å². The molecule has 0 spiro atoms. The van der Waals surface area contributed by atoms with Crippen LogP contribution in [0.5, 0.6) is 5.75 Å². The third-order valence-corrected chi connectivity index (χ3v) is 5.44. The fraction of sp³-hybridized carbons (Fsp3) is 0.375. The number of piperazine rings is 1. The van der Waals surface area contributed by atoms with E-state index >= 15 is 0 Å². The van der Waals surface area contributed by atoms with E-state index in [-0.39, 0.29) is 6.09 Å². The summed E-state index contributed by atoms with van der Waals surface area (Å²) in [5, 5.41) is 3.92. The summed E-state index contributed by atoms with van der Waals surface area (Å²) in [6.45, 7) is 7.77. The van der Waals surface area contributed by atoms with Gasteiger partial charge in [0.05, 0.1) is 5.69 Å². The second-order valence-electron chi connectivity index (χ2n) is 7.97. The smallest absolute Gasteiger partial charge is 0.410 e. The van der Waals surface area contributed by atoms with Crippen LogP contribution in [0.25, 0.3) is 0 Å². The predicted molar refractivity (Wildman–Crippen MR) is 117 cm³/mol. The van der Waals surface area contributed by atoms with Gasteiger partial charge in [-0.25, -0.2) is 4.79 Å². The summed E-state index contributed by atoms with van der Waals surface area (Å²) in [4.78, 5) is 21.1. The molecule has 1 aliphatic heterocycles. The first-order valence-corrected chi connectivity index (χ1v) is 10.7. The van der Waals surface area contributed by atoms with Gasteiger partial charge in [-0.1, -0.05) is 23.4 Å². The number of aryl methyl sites for hydroxylation is 2. The van der Waals surface area contributed by atoms with Gasteiger partial charge < -0.3 is 14.2 Å². The van der Waals surface area contributed by atoms with E-state index in [0.29, 0.717) is 18.8 Å². The lowest BCUT2D eigenvalue weighted by Gasteiger charge is -2.33. The molecular formula is C24H28N4O3. The minimum atomic E-state index is -0.293. The second-order valence-corrected chi connectivity index (χ2v) is 7.97. The molecule has 7 heteroatoms. The van der Waals surface area contributed by atoms with Gasteiger partial charge in [0, 0.05) is 63.0 Å². The first-order chi connectivity index (χ1) is 15.0. The van der Waals surface area contributed by atoms with Crippen molar-refractivity contribution < 1.29 is 14.1 Å². The molecule has 2 aromatic heterocycles. The van der Waals surface area contributed by atoms with E-state index in [1.165, 1.54) is 0 Å². The van der Waals surface area contributed by atoms with Gasteiger partial charge in [0.25, 0.3) is 0 Å². The molecule has 0 radical (unpaired) electrons. The van der Waals surface area contributed by atoms with E-state index in [4.69, 9.17) is 9.26 Å². The molecule has 1 fully saturated rings. The Kier molecular flexibility index (Phi) is 6.62. The van der Waals surface area contributed by atoms with Crippen LogP contribution in [0.15, 0.2) is 53.1 Å². The Labute approximate surface area is 182 Å². The fourth-order valence-electron chi connectivity index (χ4n) is 3.70. The van der Waals surface area contributed by atoms with Crippen LogP contribution in [-0.2, 0) is 12.8 Å². The van der Waals surface area contributed by atoms with Gasteiger partial charge in [-0.15, -0.1) is 0 Å². The maximum absolute atomic E-state index is 12.5. The minimum Gasteiger partial charge on any atom is -0.410 e. The number of nitrogens with zero attached hydrogens (tertiary/aromatic N) is 4. The molecular weight excluding hydrogens is 392 g/mol. The van der Waals surface area contributed by atoms with Crippen molar-refractivity contribution in [3.63, 3.8) is 0 Å². The molecule has 1 aromatic carbocycles. The van der Waals surface area contributed by atoms with E-state index in [1.807, 2.05) is 62.4 Å². The van der Waals surface area contributed by atoms with Crippen LogP contribution in [0.4, 0.5) is 4.79 Å². The average molecular weight is 421 g/mol. The summed E-state index contributed by atoms with van der Waals surface area (Å²) in [6, 6.07) is 15.7. The maximum atomic E-state index is 12.5. The van der Waals surface area contributed by atoms with Gasteiger partial charge in [-0.2, -0.15) is 0 Å². The number of hydrogen-bond donors (Lipinski definition) is 0. The summed E-state index contributed by atoms with van der Waals surface area (Å²) in [5.41, 5.74) is 4.08. The average Bonchev–Trinajstić information content (AvgIpc) is 3.19. The molecule has 0 saturated carbocycles. The number of ether oxygens (including phenoxy) is 1. The van der Waals surface area contributed by atoms with E-state index < -0.39 is 0 Å². The number of hydrogen-bond acceptors (Lipinski definition) is 6. The van der Waals surface area contributed by atoms with E-state index in [9.17, 15) is 4.79 Å². The van der Waals surface area contributed by atoms with Crippen LogP contribution in [-0.4, -0.2) is 58.8 Å². The van der Waals surface area contributed by atoms with Gasteiger partial charge in [0.15, 0.2) is 0 Å². The maximum Gasteiger partial charge on any atom is 0.415 e. The van der Waals surface area contributed by atoms with Crippen molar-refractivity contribution >= 4 is 6.09 Å². The normalized spacial score (nSPS) is 14.6. The Morgan fingerprint density at radius 1 is 1.03 bits per heavy atom. The molecule has 162 valence electrons. The molecule has 0 bridgehead atoms. The van der Waals surface area contributed by atoms with Crippen LogP contribution in [0.3, 0.4) is 0 Å². The number of benzene rings is 1. The zero-order chi connectivity index (χ0) is 21.6. The highest BCUT2D eigenvalue weighted by Gasteiger charge is 2.22. The zero-order valence-electron chi connectivity index (χ0n) is 18.1. The Bertz CT molecular complexity index is 1010. The Hall–Kier alpha value is -3.19. The summed E-state index contributed by atoms with van der Waals surface area (Å²) < 4.78 is 10.8. The lowest BCUT2D eigenvalue weighted by Crippen LogP contribution is -2.49. The molecule has 1 aliphatic rings. The molecule has 0 atom stereocenters. The highest BCUT2D eigenvalue weighted by atomic mass is 16.6. The van der Waals surface area contributed by atoms with Crippen LogP contribution in [0.2, 0.25) is 0 Å². The molecule has 0 N–H and O–H groups in total. The topological polar surface area (TPSA) is 71.7 Å².